The van der Waals surface area contributed by atoms with Gasteiger partial charge in [-0.05, 0) is 51.3 Å². The number of hydrogen-bond acceptors (Lipinski definition) is 5. The number of carbonyl (C=O) groups excluding carboxylic acids is 1. The number of rotatable bonds is 4. The second-order valence-corrected chi connectivity index (χ2v) is 5.86. The van der Waals surface area contributed by atoms with Gasteiger partial charge >= 0.3 is 0 Å². The third kappa shape index (κ3) is 3.32. The maximum atomic E-state index is 11.6. The number of carbonyl (C=O) groups is 1. The van der Waals surface area contributed by atoms with E-state index >= 15 is 0 Å². The zero-order valence-electron chi connectivity index (χ0n) is 12.5. The number of nitrogens with one attached hydrogen (secondary N) is 2. The number of amides is 1. The topological polar surface area (TPSA) is 70.2 Å². The normalized spacial score (nSPS) is 25.4. The van der Waals surface area contributed by atoms with E-state index in [1.54, 1.807) is 6.07 Å². The fourth-order valence-electron chi connectivity index (χ4n) is 3.35. The van der Waals surface area contributed by atoms with Crippen LogP contribution in [0.5, 0.6) is 0 Å². The first-order valence-electron chi connectivity index (χ1n) is 7.89. The lowest BCUT2D eigenvalue weighted by molar-refractivity contribution is 0.0950. The highest BCUT2D eigenvalue weighted by Crippen LogP contribution is 2.28. The Morgan fingerprint density at radius 1 is 1.33 bits per heavy atom. The minimum absolute atomic E-state index is 0.171. The van der Waals surface area contributed by atoms with Gasteiger partial charge in [-0.3, -0.25) is 4.79 Å². The number of fused-ring (bicyclic) bond motifs is 1. The molecule has 2 N–H and O–H groups in total. The van der Waals surface area contributed by atoms with Crippen LogP contribution in [-0.2, 0) is 0 Å². The van der Waals surface area contributed by atoms with Gasteiger partial charge in [-0.1, -0.05) is 0 Å². The van der Waals surface area contributed by atoms with Crippen molar-refractivity contribution in [2.75, 3.05) is 25.0 Å². The van der Waals surface area contributed by atoms with Gasteiger partial charge in [0, 0.05) is 25.2 Å². The van der Waals surface area contributed by atoms with Crippen LogP contribution in [0.3, 0.4) is 0 Å². The summed E-state index contributed by atoms with van der Waals surface area (Å²) >= 11 is 0. The first-order chi connectivity index (χ1) is 10.3. The predicted molar refractivity (Wildman–Crippen MR) is 81.3 cm³/mol. The summed E-state index contributed by atoms with van der Waals surface area (Å²) in [5, 5.41) is 14.3. The van der Waals surface area contributed by atoms with E-state index < -0.39 is 0 Å². The summed E-state index contributed by atoms with van der Waals surface area (Å²) in [6, 6.07) is 4.77. The Labute approximate surface area is 125 Å². The Kier molecular flexibility index (Phi) is 4.34. The van der Waals surface area contributed by atoms with Crippen molar-refractivity contribution in [2.24, 2.45) is 0 Å². The van der Waals surface area contributed by atoms with Crippen molar-refractivity contribution in [3.63, 3.8) is 0 Å². The van der Waals surface area contributed by atoms with Crippen molar-refractivity contribution in [1.29, 1.82) is 0 Å². The minimum Gasteiger partial charge on any atom is -0.366 e. The molecule has 0 spiro atoms. The molecule has 0 saturated carbocycles. The third-order valence-electron chi connectivity index (χ3n) is 4.41. The first-order valence-corrected chi connectivity index (χ1v) is 7.89. The molecule has 0 aliphatic carbocycles. The minimum atomic E-state index is -0.171. The lowest BCUT2D eigenvalue weighted by Gasteiger charge is -2.35. The maximum absolute atomic E-state index is 11.6. The van der Waals surface area contributed by atoms with Crippen molar-refractivity contribution >= 4 is 11.7 Å². The summed E-state index contributed by atoms with van der Waals surface area (Å²) in [4.78, 5) is 14.2. The lowest BCUT2D eigenvalue weighted by Crippen LogP contribution is -2.42. The van der Waals surface area contributed by atoms with Gasteiger partial charge in [0.15, 0.2) is 5.69 Å². The molecule has 0 radical (unpaired) electrons. The van der Waals surface area contributed by atoms with Gasteiger partial charge in [-0.15, -0.1) is 10.2 Å². The monoisotopic (exact) mass is 289 g/mol. The summed E-state index contributed by atoms with van der Waals surface area (Å²) in [7, 11) is 0. The highest BCUT2D eigenvalue weighted by atomic mass is 16.1. The molecule has 1 aromatic rings. The smallest absolute Gasteiger partial charge is 0.271 e. The van der Waals surface area contributed by atoms with E-state index in [9.17, 15) is 4.79 Å². The Hall–Kier alpha value is -1.69. The zero-order chi connectivity index (χ0) is 14.7. The van der Waals surface area contributed by atoms with Crippen LogP contribution in [0, 0.1) is 0 Å². The zero-order valence-corrected chi connectivity index (χ0v) is 12.5. The van der Waals surface area contributed by atoms with Crippen molar-refractivity contribution in [2.45, 2.75) is 44.7 Å². The van der Waals surface area contributed by atoms with Gasteiger partial charge in [0.2, 0.25) is 0 Å². The SMILES string of the molecule is CCNC(=O)c1ccc(NC2CCN3CCCC3C2)nn1. The van der Waals surface area contributed by atoms with Crippen molar-refractivity contribution in [3.8, 4) is 0 Å². The fraction of sp³-hybridized carbons (Fsp3) is 0.667. The van der Waals surface area contributed by atoms with Gasteiger partial charge < -0.3 is 15.5 Å². The highest BCUT2D eigenvalue weighted by Gasteiger charge is 2.31. The second kappa shape index (κ2) is 6.39. The first kappa shape index (κ1) is 14.3. The quantitative estimate of drug-likeness (QED) is 0.873. The fourth-order valence-corrected chi connectivity index (χ4v) is 3.35. The van der Waals surface area contributed by atoms with Crippen LogP contribution in [0.2, 0.25) is 0 Å². The Balaban J connectivity index is 1.56. The van der Waals surface area contributed by atoms with E-state index in [4.69, 9.17) is 0 Å². The van der Waals surface area contributed by atoms with Crippen LogP contribution < -0.4 is 10.6 Å². The molecular formula is C15H23N5O. The van der Waals surface area contributed by atoms with E-state index in [2.05, 4.69) is 25.7 Å². The average Bonchev–Trinajstić information content (AvgIpc) is 2.96. The highest BCUT2D eigenvalue weighted by molar-refractivity contribution is 5.92. The summed E-state index contributed by atoms with van der Waals surface area (Å²) in [5.74, 6) is 0.593. The molecule has 2 unspecified atom stereocenters. The van der Waals surface area contributed by atoms with Gasteiger partial charge in [0.25, 0.3) is 5.91 Å². The van der Waals surface area contributed by atoms with Crippen molar-refractivity contribution < 1.29 is 4.79 Å². The molecule has 0 aromatic carbocycles. The van der Waals surface area contributed by atoms with Crippen LogP contribution in [-0.4, -0.2) is 52.7 Å². The summed E-state index contributed by atoms with van der Waals surface area (Å²) < 4.78 is 0. The van der Waals surface area contributed by atoms with Crippen LogP contribution >= 0.6 is 0 Å². The Bertz CT molecular complexity index is 489. The summed E-state index contributed by atoms with van der Waals surface area (Å²) in [6.07, 6.45) is 4.98. The molecule has 2 saturated heterocycles. The van der Waals surface area contributed by atoms with Gasteiger partial charge in [0.1, 0.15) is 5.82 Å². The number of anilines is 1. The van der Waals surface area contributed by atoms with Crippen molar-refractivity contribution in [1.82, 2.24) is 20.4 Å². The molecule has 1 aromatic heterocycles. The molecule has 3 heterocycles. The van der Waals surface area contributed by atoms with Crippen LogP contribution in [0.4, 0.5) is 5.82 Å². The standard InChI is InChI=1S/C15H23N5O/c1-2-16-15(21)13-5-6-14(19-18-13)17-11-7-9-20-8-3-4-12(20)10-11/h5-6,11-12H,2-4,7-10H2,1H3,(H,16,21)(H,17,19). The van der Waals surface area contributed by atoms with E-state index in [0.29, 0.717) is 18.3 Å². The van der Waals surface area contributed by atoms with Crippen LogP contribution in [0.25, 0.3) is 0 Å². The van der Waals surface area contributed by atoms with Gasteiger partial charge in [0.05, 0.1) is 0 Å². The largest absolute Gasteiger partial charge is 0.366 e. The molecule has 6 nitrogen and oxygen atoms in total. The van der Waals surface area contributed by atoms with Gasteiger partial charge in [-0.25, -0.2) is 0 Å². The van der Waals surface area contributed by atoms with Gasteiger partial charge in [-0.2, -0.15) is 0 Å². The molecule has 2 atom stereocenters. The molecule has 2 aliphatic rings. The molecule has 21 heavy (non-hydrogen) atoms. The summed E-state index contributed by atoms with van der Waals surface area (Å²) in [5.41, 5.74) is 0.369. The molecule has 114 valence electrons. The maximum Gasteiger partial charge on any atom is 0.271 e. The number of aromatic nitrogens is 2. The van der Waals surface area contributed by atoms with Crippen LogP contribution in [0.1, 0.15) is 43.1 Å². The molecule has 2 aliphatic heterocycles. The lowest BCUT2D eigenvalue weighted by atomic mass is 9.97. The third-order valence-corrected chi connectivity index (χ3v) is 4.41. The van der Waals surface area contributed by atoms with E-state index in [1.807, 2.05) is 13.0 Å². The molecule has 6 heteroatoms. The Morgan fingerprint density at radius 2 is 2.24 bits per heavy atom. The van der Waals surface area contributed by atoms with E-state index in [-0.39, 0.29) is 5.91 Å². The van der Waals surface area contributed by atoms with Crippen molar-refractivity contribution in [3.05, 3.63) is 17.8 Å². The number of nitrogens with zero attached hydrogens (tertiary/aromatic N) is 3. The summed E-state index contributed by atoms with van der Waals surface area (Å²) in [6.45, 7) is 4.92. The van der Waals surface area contributed by atoms with E-state index in [0.717, 1.165) is 18.3 Å². The predicted octanol–water partition coefficient (Wildman–Crippen LogP) is 1.26. The molecular weight excluding hydrogens is 266 g/mol. The molecule has 0 bridgehead atoms. The number of hydrogen-bond donors (Lipinski definition) is 2. The average molecular weight is 289 g/mol. The second-order valence-electron chi connectivity index (χ2n) is 5.86. The Morgan fingerprint density at radius 3 is 3.00 bits per heavy atom. The molecule has 2 fully saturated rings. The number of piperidine rings is 1. The molecule has 1 amide bonds. The van der Waals surface area contributed by atoms with E-state index in [1.165, 1.54) is 32.4 Å². The van der Waals surface area contributed by atoms with Crippen LogP contribution in [0.15, 0.2) is 12.1 Å². The molecule has 3 rings (SSSR count).